The molecular weight excluding hydrogens is 260 g/mol. The van der Waals surface area contributed by atoms with Gasteiger partial charge in [0.15, 0.2) is 0 Å². The lowest BCUT2D eigenvalue weighted by molar-refractivity contribution is 0.249. The number of hydrogen-bond acceptors (Lipinski definition) is 4. The average molecular weight is 278 g/mol. The molecule has 0 saturated carbocycles. The van der Waals surface area contributed by atoms with Crippen LogP contribution in [0.25, 0.3) is 0 Å². The van der Waals surface area contributed by atoms with Crippen LogP contribution < -0.4 is 4.90 Å². The van der Waals surface area contributed by atoms with Gasteiger partial charge in [-0.05, 0) is 23.8 Å². The van der Waals surface area contributed by atoms with Crippen LogP contribution in [-0.2, 0) is 6.54 Å². The van der Waals surface area contributed by atoms with Crippen LogP contribution in [0.3, 0.4) is 0 Å². The Kier molecular flexibility index (Phi) is 4.13. The summed E-state index contributed by atoms with van der Waals surface area (Å²) < 4.78 is 0. The molecule has 106 valence electrons. The SMILES string of the molecule is N#Cc1ccccc1N1CCN(Cc2cccnc2)CC1. The topological polar surface area (TPSA) is 43.2 Å². The quantitative estimate of drug-likeness (QED) is 0.864. The zero-order chi connectivity index (χ0) is 14.5. The molecule has 0 aliphatic carbocycles. The van der Waals surface area contributed by atoms with E-state index in [0.717, 1.165) is 44.0 Å². The minimum atomic E-state index is 0.762. The Morgan fingerprint density at radius 1 is 1.05 bits per heavy atom. The van der Waals surface area contributed by atoms with Gasteiger partial charge in [-0.1, -0.05) is 18.2 Å². The van der Waals surface area contributed by atoms with E-state index in [1.807, 2.05) is 36.5 Å². The van der Waals surface area contributed by atoms with Gasteiger partial charge in [0.2, 0.25) is 0 Å². The lowest BCUT2D eigenvalue weighted by Crippen LogP contribution is -2.46. The number of pyridine rings is 1. The number of nitrogens with zero attached hydrogens (tertiary/aromatic N) is 4. The van der Waals surface area contributed by atoms with Crippen LogP contribution in [0.15, 0.2) is 48.8 Å². The highest BCUT2D eigenvalue weighted by atomic mass is 15.3. The van der Waals surface area contributed by atoms with Gasteiger partial charge in [0.1, 0.15) is 6.07 Å². The highest BCUT2D eigenvalue weighted by Gasteiger charge is 2.19. The van der Waals surface area contributed by atoms with E-state index in [0.29, 0.717) is 0 Å². The summed E-state index contributed by atoms with van der Waals surface area (Å²) in [6.07, 6.45) is 3.73. The largest absolute Gasteiger partial charge is 0.368 e. The lowest BCUT2D eigenvalue weighted by atomic mass is 10.1. The summed E-state index contributed by atoms with van der Waals surface area (Å²) in [5.74, 6) is 0. The van der Waals surface area contributed by atoms with E-state index in [-0.39, 0.29) is 0 Å². The maximum atomic E-state index is 9.20. The number of anilines is 1. The molecule has 0 radical (unpaired) electrons. The summed E-state index contributed by atoms with van der Waals surface area (Å²) >= 11 is 0. The number of piperazine rings is 1. The van der Waals surface area contributed by atoms with Gasteiger partial charge in [-0.3, -0.25) is 9.88 Å². The molecule has 0 amide bonds. The van der Waals surface area contributed by atoms with Crippen molar-refractivity contribution in [1.82, 2.24) is 9.88 Å². The Morgan fingerprint density at radius 3 is 2.57 bits per heavy atom. The van der Waals surface area contributed by atoms with Gasteiger partial charge in [-0.15, -0.1) is 0 Å². The summed E-state index contributed by atoms with van der Waals surface area (Å²) in [6.45, 7) is 4.88. The fraction of sp³-hybridized carbons (Fsp3) is 0.294. The van der Waals surface area contributed by atoms with Crippen molar-refractivity contribution in [1.29, 1.82) is 5.26 Å². The molecule has 0 atom stereocenters. The van der Waals surface area contributed by atoms with E-state index in [1.54, 1.807) is 6.20 Å². The molecule has 4 heteroatoms. The third kappa shape index (κ3) is 3.21. The summed E-state index contributed by atoms with van der Waals surface area (Å²) in [6, 6.07) is 14.2. The number of hydrogen-bond donors (Lipinski definition) is 0. The van der Waals surface area contributed by atoms with Gasteiger partial charge in [0, 0.05) is 45.1 Å². The zero-order valence-electron chi connectivity index (χ0n) is 11.9. The van der Waals surface area contributed by atoms with Crippen LogP contribution in [0.2, 0.25) is 0 Å². The van der Waals surface area contributed by atoms with Gasteiger partial charge >= 0.3 is 0 Å². The van der Waals surface area contributed by atoms with Crippen molar-refractivity contribution < 1.29 is 0 Å². The molecule has 1 aromatic carbocycles. The van der Waals surface area contributed by atoms with Crippen LogP contribution in [0.5, 0.6) is 0 Å². The molecule has 0 unspecified atom stereocenters. The lowest BCUT2D eigenvalue weighted by Gasteiger charge is -2.36. The molecule has 4 nitrogen and oxygen atoms in total. The Morgan fingerprint density at radius 2 is 1.86 bits per heavy atom. The minimum Gasteiger partial charge on any atom is -0.368 e. The maximum absolute atomic E-state index is 9.20. The van der Waals surface area contributed by atoms with Crippen molar-refractivity contribution in [2.24, 2.45) is 0 Å². The van der Waals surface area contributed by atoms with E-state index in [2.05, 4.69) is 26.9 Å². The van der Waals surface area contributed by atoms with Crippen molar-refractivity contribution in [3.8, 4) is 6.07 Å². The molecule has 2 aromatic rings. The molecule has 3 rings (SSSR count). The highest BCUT2D eigenvalue weighted by molar-refractivity contribution is 5.59. The Bertz CT molecular complexity index is 625. The number of aromatic nitrogens is 1. The maximum Gasteiger partial charge on any atom is 0.101 e. The molecular formula is C17H18N4. The second-order valence-corrected chi connectivity index (χ2v) is 5.25. The summed E-state index contributed by atoms with van der Waals surface area (Å²) in [7, 11) is 0. The van der Waals surface area contributed by atoms with Crippen LogP contribution in [-0.4, -0.2) is 36.1 Å². The molecule has 0 N–H and O–H groups in total. The summed E-state index contributed by atoms with van der Waals surface area (Å²) in [5, 5.41) is 9.20. The number of nitriles is 1. The van der Waals surface area contributed by atoms with Crippen LogP contribution in [0, 0.1) is 11.3 Å². The van der Waals surface area contributed by atoms with Crippen LogP contribution in [0.1, 0.15) is 11.1 Å². The number of rotatable bonds is 3. The van der Waals surface area contributed by atoms with Gasteiger partial charge in [0.05, 0.1) is 11.3 Å². The standard InChI is InChI=1S/C17H18N4/c18-12-16-5-1-2-6-17(16)21-10-8-20(9-11-21)14-15-4-3-7-19-13-15/h1-7,13H,8-11,14H2. The molecule has 1 fully saturated rings. The Hall–Kier alpha value is -2.38. The van der Waals surface area contributed by atoms with E-state index in [4.69, 9.17) is 0 Å². The Balaban J connectivity index is 1.62. The average Bonchev–Trinajstić information content (AvgIpc) is 2.56. The highest BCUT2D eigenvalue weighted by Crippen LogP contribution is 2.21. The summed E-state index contributed by atoms with van der Waals surface area (Å²) in [5.41, 5.74) is 3.07. The molecule has 0 bridgehead atoms. The van der Waals surface area contributed by atoms with Gasteiger partial charge in [-0.2, -0.15) is 5.26 Å². The first-order valence-corrected chi connectivity index (χ1v) is 7.22. The van der Waals surface area contributed by atoms with Crippen molar-refractivity contribution >= 4 is 5.69 Å². The van der Waals surface area contributed by atoms with Gasteiger partial charge in [0.25, 0.3) is 0 Å². The second kappa shape index (κ2) is 6.38. The molecule has 2 heterocycles. The third-order valence-corrected chi connectivity index (χ3v) is 3.87. The van der Waals surface area contributed by atoms with E-state index >= 15 is 0 Å². The normalized spacial score (nSPS) is 15.7. The first kappa shape index (κ1) is 13.6. The molecule has 21 heavy (non-hydrogen) atoms. The van der Waals surface area contributed by atoms with E-state index < -0.39 is 0 Å². The predicted molar refractivity (Wildman–Crippen MR) is 82.9 cm³/mol. The number of benzene rings is 1. The van der Waals surface area contributed by atoms with Gasteiger partial charge < -0.3 is 4.90 Å². The third-order valence-electron chi connectivity index (χ3n) is 3.87. The van der Waals surface area contributed by atoms with Gasteiger partial charge in [-0.25, -0.2) is 0 Å². The van der Waals surface area contributed by atoms with Crippen molar-refractivity contribution in [2.75, 3.05) is 31.1 Å². The van der Waals surface area contributed by atoms with Crippen LogP contribution >= 0.6 is 0 Å². The van der Waals surface area contributed by atoms with Crippen molar-refractivity contribution in [3.63, 3.8) is 0 Å². The minimum absolute atomic E-state index is 0.762. The fourth-order valence-corrected chi connectivity index (χ4v) is 2.74. The van der Waals surface area contributed by atoms with Crippen LogP contribution in [0.4, 0.5) is 5.69 Å². The first-order valence-electron chi connectivity index (χ1n) is 7.22. The smallest absolute Gasteiger partial charge is 0.101 e. The molecule has 0 spiro atoms. The zero-order valence-corrected chi connectivity index (χ0v) is 11.9. The number of para-hydroxylation sites is 1. The molecule has 1 aromatic heterocycles. The predicted octanol–water partition coefficient (Wildman–Crippen LogP) is 2.28. The fourth-order valence-electron chi connectivity index (χ4n) is 2.74. The first-order chi connectivity index (χ1) is 10.4. The van der Waals surface area contributed by atoms with Crippen molar-refractivity contribution in [2.45, 2.75) is 6.54 Å². The van der Waals surface area contributed by atoms with Crippen molar-refractivity contribution in [3.05, 3.63) is 59.9 Å². The van der Waals surface area contributed by atoms with E-state index in [1.165, 1.54) is 5.56 Å². The molecule has 1 aliphatic heterocycles. The summed E-state index contributed by atoms with van der Waals surface area (Å²) in [4.78, 5) is 8.90. The van der Waals surface area contributed by atoms with E-state index in [9.17, 15) is 5.26 Å². The molecule has 1 aliphatic rings. The second-order valence-electron chi connectivity index (χ2n) is 5.25. The molecule has 1 saturated heterocycles. The Labute approximate surface area is 125 Å². The monoisotopic (exact) mass is 278 g/mol.